The van der Waals surface area contributed by atoms with Gasteiger partial charge in [0.05, 0.1) is 30.6 Å². The Morgan fingerprint density at radius 1 is 1.45 bits per heavy atom. The van der Waals surface area contributed by atoms with Gasteiger partial charge in [0.25, 0.3) is 5.91 Å². The van der Waals surface area contributed by atoms with Gasteiger partial charge in [-0.15, -0.1) is 22.7 Å². The fourth-order valence-electron chi connectivity index (χ4n) is 2.31. The zero-order valence-corrected chi connectivity index (χ0v) is 12.2. The van der Waals surface area contributed by atoms with E-state index in [9.17, 15) is 9.59 Å². The van der Waals surface area contributed by atoms with Gasteiger partial charge in [0.1, 0.15) is 0 Å². The van der Waals surface area contributed by atoms with Crippen molar-refractivity contribution in [3.63, 3.8) is 0 Å². The molecule has 1 amide bonds. The first-order chi connectivity index (χ1) is 9.65. The summed E-state index contributed by atoms with van der Waals surface area (Å²) in [5.74, 6) is -1.00. The molecule has 1 aliphatic rings. The van der Waals surface area contributed by atoms with Gasteiger partial charge in [0.2, 0.25) is 0 Å². The summed E-state index contributed by atoms with van der Waals surface area (Å²) >= 11 is 3.06. The molecule has 0 bridgehead atoms. The number of ether oxygens (including phenoxy) is 1. The van der Waals surface area contributed by atoms with Crippen molar-refractivity contribution in [2.45, 2.75) is 12.5 Å². The smallest absolute Gasteiger partial charge is 0.305 e. The lowest BCUT2D eigenvalue weighted by Gasteiger charge is -2.34. The summed E-state index contributed by atoms with van der Waals surface area (Å²) in [7, 11) is 0. The molecule has 1 unspecified atom stereocenters. The Labute approximate surface area is 123 Å². The van der Waals surface area contributed by atoms with Crippen LogP contribution in [0.2, 0.25) is 0 Å². The summed E-state index contributed by atoms with van der Waals surface area (Å²) in [4.78, 5) is 25.7. The molecule has 3 rings (SSSR count). The van der Waals surface area contributed by atoms with Crippen LogP contribution in [0, 0.1) is 0 Å². The average Bonchev–Trinajstić information content (AvgIpc) is 2.98. The SMILES string of the molecule is O=C(O)CC1COCCN1C(=O)c1cc2sccc2s1. The highest BCUT2D eigenvalue weighted by molar-refractivity contribution is 7.27. The molecule has 0 saturated carbocycles. The number of amides is 1. The van der Waals surface area contributed by atoms with Crippen LogP contribution in [-0.4, -0.2) is 47.7 Å². The predicted molar refractivity (Wildman–Crippen MR) is 77.6 cm³/mol. The third-order valence-corrected chi connectivity index (χ3v) is 5.33. The molecule has 1 fully saturated rings. The number of hydrogen-bond donors (Lipinski definition) is 1. The predicted octanol–water partition coefficient (Wildman–Crippen LogP) is 2.28. The Bertz CT molecular complexity index is 619. The monoisotopic (exact) mass is 311 g/mol. The van der Waals surface area contributed by atoms with Crippen LogP contribution in [0.25, 0.3) is 9.40 Å². The molecule has 0 radical (unpaired) electrons. The van der Waals surface area contributed by atoms with Gasteiger partial charge in [-0.2, -0.15) is 0 Å². The molecule has 7 heteroatoms. The maximum atomic E-state index is 12.6. The number of carboxylic acid groups (broad SMARTS) is 1. The van der Waals surface area contributed by atoms with Crippen molar-refractivity contribution in [3.8, 4) is 0 Å². The first kappa shape index (κ1) is 13.5. The molecule has 20 heavy (non-hydrogen) atoms. The number of aliphatic carboxylic acids is 1. The number of hydrogen-bond acceptors (Lipinski definition) is 5. The zero-order chi connectivity index (χ0) is 14.1. The van der Waals surface area contributed by atoms with E-state index >= 15 is 0 Å². The van der Waals surface area contributed by atoms with Crippen LogP contribution in [0.3, 0.4) is 0 Å². The van der Waals surface area contributed by atoms with Crippen molar-refractivity contribution in [1.82, 2.24) is 4.90 Å². The minimum Gasteiger partial charge on any atom is -0.481 e. The van der Waals surface area contributed by atoms with E-state index in [1.54, 1.807) is 16.2 Å². The largest absolute Gasteiger partial charge is 0.481 e. The average molecular weight is 311 g/mol. The maximum absolute atomic E-state index is 12.6. The number of thiophene rings is 2. The Morgan fingerprint density at radius 2 is 2.30 bits per heavy atom. The lowest BCUT2D eigenvalue weighted by Crippen LogP contribution is -2.49. The molecular formula is C13H13NO4S2. The van der Waals surface area contributed by atoms with Crippen molar-refractivity contribution in [1.29, 1.82) is 0 Å². The van der Waals surface area contributed by atoms with Gasteiger partial charge in [0, 0.05) is 15.9 Å². The molecule has 3 heterocycles. The molecule has 0 aliphatic carbocycles. The first-order valence-corrected chi connectivity index (χ1v) is 7.92. The Balaban J connectivity index is 1.83. The summed E-state index contributed by atoms with van der Waals surface area (Å²) in [5, 5.41) is 10.9. The quantitative estimate of drug-likeness (QED) is 0.944. The molecule has 5 nitrogen and oxygen atoms in total. The Morgan fingerprint density at radius 3 is 3.05 bits per heavy atom. The van der Waals surface area contributed by atoms with Crippen LogP contribution >= 0.6 is 22.7 Å². The number of nitrogens with zero attached hydrogens (tertiary/aromatic N) is 1. The van der Waals surface area contributed by atoms with E-state index < -0.39 is 5.97 Å². The minimum absolute atomic E-state index is 0.0779. The van der Waals surface area contributed by atoms with Crippen LogP contribution in [0.15, 0.2) is 17.5 Å². The van der Waals surface area contributed by atoms with E-state index in [2.05, 4.69) is 0 Å². The van der Waals surface area contributed by atoms with Crippen LogP contribution in [-0.2, 0) is 9.53 Å². The zero-order valence-electron chi connectivity index (χ0n) is 10.6. The molecule has 1 saturated heterocycles. The molecule has 0 spiro atoms. The second-order valence-electron chi connectivity index (χ2n) is 4.58. The summed E-state index contributed by atoms with van der Waals surface area (Å²) < 4.78 is 7.49. The highest BCUT2D eigenvalue weighted by Crippen LogP contribution is 2.31. The molecule has 106 valence electrons. The number of carboxylic acids is 1. The molecule has 2 aromatic heterocycles. The minimum atomic E-state index is -0.912. The van der Waals surface area contributed by atoms with E-state index in [4.69, 9.17) is 9.84 Å². The van der Waals surface area contributed by atoms with Crippen LogP contribution in [0.1, 0.15) is 16.1 Å². The third-order valence-electron chi connectivity index (χ3n) is 3.25. The number of rotatable bonds is 3. The second-order valence-corrected chi connectivity index (χ2v) is 6.62. The molecule has 2 aromatic rings. The van der Waals surface area contributed by atoms with E-state index in [0.717, 1.165) is 9.40 Å². The fraction of sp³-hybridized carbons (Fsp3) is 0.385. The fourth-order valence-corrected chi connectivity index (χ4v) is 4.37. The normalized spacial score (nSPS) is 19.4. The van der Waals surface area contributed by atoms with Gasteiger partial charge >= 0.3 is 5.97 Å². The summed E-state index contributed by atoms with van der Waals surface area (Å²) in [6.07, 6.45) is -0.0779. The second kappa shape index (κ2) is 5.51. The number of carbonyl (C=O) groups is 2. The van der Waals surface area contributed by atoms with Crippen LogP contribution in [0.4, 0.5) is 0 Å². The lowest BCUT2D eigenvalue weighted by atomic mass is 10.1. The standard InChI is InChI=1S/C13H13NO4S2/c15-12(16)5-8-7-18-3-2-14(8)13(17)11-6-10-9(20-11)1-4-19-10/h1,4,6,8H,2-3,5,7H2,(H,15,16). The van der Waals surface area contributed by atoms with E-state index in [1.165, 1.54) is 11.3 Å². The van der Waals surface area contributed by atoms with E-state index in [1.807, 2.05) is 17.5 Å². The highest BCUT2D eigenvalue weighted by atomic mass is 32.1. The van der Waals surface area contributed by atoms with Gasteiger partial charge in [-0.25, -0.2) is 0 Å². The topological polar surface area (TPSA) is 66.8 Å². The van der Waals surface area contributed by atoms with Crippen molar-refractivity contribution >= 4 is 43.9 Å². The molecular weight excluding hydrogens is 298 g/mol. The lowest BCUT2D eigenvalue weighted by molar-refractivity contribution is -0.139. The molecule has 0 aromatic carbocycles. The van der Waals surface area contributed by atoms with E-state index in [-0.39, 0.29) is 25.0 Å². The summed E-state index contributed by atoms with van der Waals surface area (Å²) in [5.41, 5.74) is 0. The highest BCUT2D eigenvalue weighted by Gasteiger charge is 2.30. The number of morpholine rings is 1. The van der Waals surface area contributed by atoms with Gasteiger partial charge in [0.15, 0.2) is 0 Å². The molecule has 1 atom stereocenters. The van der Waals surface area contributed by atoms with Crippen molar-refractivity contribution in [2.75, 3.05) is 19.8 Å². The van der Waals surface area contributed by atoms with Crippen LogP contribution in [0.5, 0.6) is 0 Å². The van der Waals surface area contributed by atoms with Crippen molar-refractivity contribution in [3.05, 3.63) is 22.4 Å². The van der Waals surface area contributed by atoms with Crippen LogP contribution < -0.4 is 0 Å². The van der Waals surface area contributed by atoms with Crippen molar-refractivity contribution < 1.29 is 19.4 Å². The Hall–Kier alpha value is -1.44. The summed E-state index contributed by atoms with van der Waals surface area (Å²) in [6, 6.07) is 3.50. The van der Waals surface area contributed by atoms with Gasteiger partial charge in [-0.3, -0.25) is 9.59 Å². The molecule has 1 N–H and O–H groups in total. The third kappa shape index (κ3) is 2.56. The molecule has 1 aliphatic heterocycles. The number of carbonyl (C=O) groups excluding carboxylic acids is 1. The number of fused-ring (bicyclic) bond motifs is 1. The van der Waals surface area contributed by atoms with E-state index in [0.29, 0.717) is 18.0 Å². The van der Waals surface area contributed by atoms with Gasteiger partial charge < -0.3 is 14.7 Å². The van der Waals surface area contributed by atoms with Gasteiger partial charge in [-0.1, -0.05) is 0 Å². The van der Waals surface area contributed by atoms with Crippen molar-refractivity contribution in [2.24, 2.45) is 0 Å². The first-order valence-electron chi connectivity index (χ1n) is 6.22. The Kier molecular flexibility index (Phi) is 3.73. The summed E-state index contributed by atoms with van der Waals surface area (Å²) in [6.45, 7) is 1.20. The van der Waals surface area contributed by atoms with Gasteiger partial charge in [-0.05, 0) is 17.5 Å². The maximum Gasteiger partial charge on any atom is 0.305 e.